The first kappa shape index (κ1) is 18.9. The zero-order chi connectivity index (χ0) is 19.6. The van der Waals surface area contributed by atoms with Gasteiger partial charge < -0.3 is 20.9 Å². The van der Waals surface area contributed by atoms with Crippen LogP contribution in [0.4, 0.5) is 22.7 Å². The minimum absolute atomic E-state index is 0.0115. The van der Waals surface area contributed by atoms with Gasteiger partial charge >= 0.3 is 0 Å². The van der Waals surface area contributed by atoms with Crippen LogP contribution in [-0.4, -0.2) is 49.0 Å². The van der Waals surface area contributed by atoms with E-state index < -0.39 is 10.8 Å². The Hall–Kier alpha value is -2.84. The largest absolute Gasteiger partial charge is 0.393 e. The van der Waals surface area contributed by atoms with Gasteiger partial charge in [-0.05, 0) is 37.4 Å². The maximum Gasteiger partial charge on any atom is 0.292 e. The zero-order valence-corrected chi connectivity index (χ0v) is 15.6. The molecule has 1 saturated heterocycles. The highest BCUT2D eigenvalue weighted by molar-refractivity contribution is 6.31. The van der Waals surface area contributed by atoms with Gasteiger partial charge in [0, 0.05) is 42.8 Å². The van der Waals surface area contributed by atoms with E-state index >= 15 is 0 Å². The van der Waals surface area contributed by atoms with Crippen molar-refractivity contribution in [3.63, 3.8) is 0 Å². The number of anilines is 3. The normalized spacial score (nSPS) is 14.8. The molecular weight excluding hydrogens is 370 g/mol. The number of hydrogen-bond acceptors (Lipinski definition) is 6. The van der Waals surface area contributed by atoms with Crippen molar-refractivity contribution >= 4 is 40.3 Å². The number of nitrogens with zero attached hydrogens (tertiary/aromatic N) is 3. The SMILES string of the molecule is CN1CCN(c2ccc(Cl)cc2NC(=O)c2ccc(N)c([N+](=O)[O-])c2)CC1. The maximum atomic E-state index is 12.7. The summed E-state index contributed by atoms with van der Waals surface area (Å²) >= 11 is 6.11. The summed E-state index contributed by atoms with van der Waals surface area (Å²) in [5, 5.41) is 14.4. The number of halogens is 1. The summed E-state index contributed by atoms with van der Waals surface area (Å²) in [5.74, 6) is -0.462. The number of carbonyl (C=O) groups excluding carboxylic acids is 1. The summed E-state index contributed by atoms with van der Waals surface area (Å²) in [7, 11) is 2.07. The number of nitrogen functional groups attached to an aromatic ring is 1. The number of benzene rings is 2. The fraction of sp³-hybridized carbons (Fsp3) is 0.278. The second-order valence-electron chi connectivity index (χ2n) is 6.44. The predicted molar refractivity (Wildman–Crippen MR) is 107 cm³/mol. The highest BCUT2D eigenvalue weighted by Crippen LogP contribution is 2.31. The number of piperazine rings is 1. The molecule has 2 aromatic rings. The topological polar surface area (TPSA) is 105 Å². The highest BCUT2D eigenvalue weighted by atomic mass is 35.5. The summed E-state index contributed by atoms with van der Waals surface area (Å²) in [4.78, 5) is 27.5. The van der Waals surface area contributed by atoms with E-state index in [1.807, 2.05) is 6.07 Å². The lowest BCUT2D eigenvalue weighted by atomic mass is 10.1. The maximum absolute atomic E-state index is 12.7. The van der Waals surface area contributed by atoms with E-state index in [0.717, 1.165) is 31.9 Å². The smallest absolute Gasteiger partial charge is 0.292 e. The molecule has 1 aliphatic heterocycles. The van der Waals surface area contributed by atoms with Crippen LogP contribution < -0.4 is 16.0 Å². The molecule has 1 heterocycles. The molecule has 0 spiro atoms. The summed E-state index contributed by atoms with van der Waals surface area (Å²) in [5.41, 5.74) is 6.89. The molecule has 1 aliphatic rings. The molecule has 0 unspecified atom stereocenters. The molecule has 142 valence electrons. The third-order valence-electron chi connectivity index (χ3n) is 4.54. The fourth-order valence-corrected chi connectivity index (χ4v) is 3.14. The minimum Gasteiger partial charge on any atom is -0.393 e. The standard InChI is InChI=1S/C18H20ClN5O3/c1-22-6-8-23(9-7-22)16-5-3-13(19)11-15(16)21-18(25)12-2-4-14(20)17(10-12)24(26)27/h2-5,10-11H,6-9,20H2,1H3,(H,21,25). The first-order chi connectivity index (χ1) is 12.8. The van der Waals surface area contributed by atoms with E-state index in [2.05, 4.69) is 22.2 Å². The van der Waals surface area contributed by atoms with E-state index in [4.69, 9.17) is 17.3 Å². The molecule has 0 aromatic heterocycles. The first-order valence-corrected chi connectivity index (χ1v) is 8.81. The molecule has 9 heteroatoms. The minimum atomic E-state index is -0.610. The third kappa shape index (κ3) is 4.29. The fourth-order valence-electron chi connectivity index (χ4n) is 2.97. The van der Waals surface area contributed by atoms with Crippen LogP contribution >= 0.6 is 11.6 Å². The summed E-state index contributed by atoms with van der Waals surface area (Å²) in [6.07, 6.45) is 0. The van der Waals surface area contributed by atoms with Gasteiger partial charge in [0.25, 0.3) is 11.6 Å². The van der Waals surface area contributed by atoms with Gasteiger partial charge in [-0.2, -0.15) is 0 Å². The first-order valence-electron chi connectivity index (χ1n) is 8.43. The Balaban J connectivity index is 1.87. The second kappa shape index (κ2) is 7.81. The van der Waals surface area contributed by atoms with Crippen molar-refractivity contribution < 1.29 is 9.72 Å². The number of likely N-dealkylation sites (N-methyl/N-ethyl adjacent to an activating group) is 1. The summed E-state index contributed by atoms with van der Waals surface area (Å²) in [6.45, 7) is 3.49. The van der Waals surface area contributed by atoms with Gasteiger partial charge in [-0.3, -0.25) is 14.9 Å². The Morgan fingerprint density at radius 3 is 2.56 bits per heavy atom. The number of carbonyl (C=O) groups is 1. The molecule has 8 nitrogen and oxygen atoms in total. The lowest BCUT2D eigenvalue weighted by Gasteiger charge is -2.35. The van der Waals surface area contributed by atoms with Crippen LogP contribution in [0.1, 0.15) is 10.4 Å². The van der Waals surface area contributed by atoms with Crippen LogP contribution in [0.5, 0.6) is 0 Å². The number of nitro benzene ring substituents is 1. The molecule has 1 fully saturated rings. The predicted octanol–water partition coefficient (Wildman–Crippen LogP) is 2.83. The van der Waals surface area contributed by atoms with Gasteiger partial charge in [0.2, 0.25) is 0 Å². The van der Waals surface area contributed by atoms with Crippen LogP contribution in [0.3, 0.4) is 0 Å². The molecular formula is C18H20ClN5O3. The van der Waals surface area contributed by atoms with Crippen LogP contribution in [0, 0.1) is 10.1 Å². The number of nitrogens with two attached hydrogens (primary N) is 1. The van der Waals surface area contributed by atoms with E-state index in [1.165, 1.54) is 18.2 Å². The lowest BCUT2D eigenvalue weighted by molar-refractivity contribution is -0.383. The highest BCUT2D eigenvalue weighted by Gasteiger charge is 2.20. The van der Waals surface area contributed by atoms with Crippen molar-refractivity contribution in [1.82, 2.24) is 4.90 Å². The molecule has 0 saturated carbocycles. The Bertz CT molecular complexity index is 881. The van der Waals surface area contributed by atoms with Crippen molar-refractivity contribution in [2.24, 2.45) is 0 Å². The van der Waals surface area contributed by atoms with Crippen molar-refractivity contribution in [3.05, 3.63) is 57.1 Å². The molecule has 3 rings (SSSR count). The molecule has 0 aliphatic carbocycles. The van der Waals surface area contributed by atoms with Crippen molar-refractivity contribution in [2.75, 3.05) is 49.2 Å². The van der Waals surface area contributed by atoms with Crippen LogP contribution in [0.15, 0.2) is 36.4 Å². The number of nitro groups is 1. The Kier molecular flexibility index (Phi) is 5.48. The molecule has 27 heavy (non-hydrogen) atoms. The van der Waals surface area contributed by atoms with Crippen LogP contribution in [0.25, 0.3) is 0 Å². The van der Waals surface area contributed by atoms with E-state index in [0.29, 0.717) is 10.7 Å². The van der Waals surface area contributed by atoms with E-state index in [9.17, 15) is 14.9 Å². The Morgan fingerprint density at radius 2 is 1.89 bits per heavy atom. The van der Waals surface area contributed by atoms with Crippen LogP contribution in [-0.2, 0) is 0 Å². The lowest BCUT2D eigenvalue weighted by Crippen LogP contribution is -2.44. The molecule has 0 atom stereocenters. The molecule has 2 aromatic carbocycles. The molecule has 0 radical (unpaired) electrons. The molecule has 1 amide bonds. The van der Waals surface area contributed by atoms with Gasteiger partial charge in [0.15, 0.2) is 0 Å². The molecule has 0 bridgehead atoms. The second-order valence-corrected chi connectivity index (χ2v) is 6.87. The Morgan fingerprint density at radius 1 is 1.19 bits per heavy atom. The van der Waals surface area contributed by atoms with Gasteiger partial charge in [-0.25, -0.2) is 0 Å². The summed E-state index contributed by atoms with van der Waals surface area (Å²) in [6, 6.07) is 9.31. The monoisotopic (exact) mass is 389 g/mol. The Labute approximate surface area is 161 Å². The van der Waals surface area contributed by atoms with Crippen molar-refractivity contribution in [2.45, 2.75) is 0 Å². The van der Waals surface area contributed by atoms with E-state index in [1.54, 1.807) is 12.1 Å². The average molecular weight is 390 g/mol. The van der Waals surface area contributed by atoms with Crippen LogP contribution in [0.2, 0.25) is 5.02 Å². The van der Waals surface area contributed by atoms with Gasteiger partial charge in [0.05, 0.1) is 16.3 Å². The number of nitrogens with one attached hydrogen (secondary N) is 1. The van der Waals surface area contributed by atoms with Gasteiger partial charge in [0.1, 0.15) is 5.69 Å². The van der Waals surface area contributed by atoms with E-state index in [-0.39, 0.29) is 16.9 Å². The van der Waals surface area contributed by atoms with Crippen molar-refractivity contribution in [1.29, 1.82) is 0 Å². The summed E-state index contributed by atoms with van der Waals surface area (Å²) < 4.78 is 0. The van der Waals surface area contributed by atoms with Crippen molar-refractivity contribution in [3.8, 4) is 0 Å². The number of hydrogen-bond donors (Lipinski definition) is 2. The number of amides is 1. The average Bonchev–Trinajstić information content (AvgIpc) is 2.63. The third-order valence-corrected chi connectivity index (χ3v) is 4.78. The quantitative estimate of drug-likeness (QED) is 0.473. The number of rotatable bonds is 4. The zero-order valence-electron chi connectivity index (χ0n) is 14.8. The molecule has 3 N–H and O–H groups in total. The van der Waals surface area contributed by atoms with Gasteiger partial charge in [-0.15, -0.1) is 0 Å². The van der Waals surface area contributed by atoms with Gasteiger partial charge in [-0.1, -0.05) is 11.6 Å².